The predicted octanol–water partition coefficient (Wildman–Crippen LogP) is 2.69. The first kappa shape index (κ1) is 17.7. The summed E-state index contributed by atoms with van der Waals surface area (Å²) in [5, 5.41) is 0. The van der Waals surface area contributed by atoms with E-state index in [1.807, 2.05) is 24.3 Å². The van der Waals surface area contributed by atoms with Gasteiger partial charge in [-0.3, -0.25) is 9.59 Å². The molecule has 0 bridgehead atoms. The topological polar surface area (TPSA) is 79.5 Å². The molecule has 0 spiro atoms. The third-order valence-corrected chi connectivity index (χ3v) is 4.34. The fraction of sp³-hybridized carbons (Fsp3) is 0.250. The number of rotatable bonds is 5. The van der Waals surface area contributed by atoms with Crippen LogP contribution in [0.3, 0.4) is 0 Å². The van der Waals surface area contributed by atoms with Crippen molar-refractivity contribution in [1.29, 1.82) is 0 Å². The number of Topliss-reactive ketones (excluding diaryl/α,β-unsaturated/α-hetero) is 1. The number of carbonyl (C=O) groups is 3. The Balaban J connectivity index is 1.52. The molecule has 0 aliphatic carbocycles. The minimum Gasteiger partial charge on any atom is -0.451 e. The summed E-state index contributed by atoms with van der Waals surface area (Å²) in [6.45, 7) is 2.18. The van der Waals surface area contributed by atoms with Crippen molar-refractivity contribution >= 4 is 23.2 Å². The van der Waals surface area contributed by atoms with E-state index in [2.05, 4.69) is 17.1 Å². The molecule has 2 aromatic rings. The zero-order chi connectivity index (χ0) is 18.5. The summed E-state index contributed by atoms with van der Waals surface area (Å²) >= 11 is 0. The SMILES string of the molecule is CC(=O)c1c[nH]c(C(=O)OCC(=O)N2CC=C(c3ccccc3)CC2)c1. The number of nitrogens with one attached hydrogen (secondary N) is 1. The maximum absolute atomic E-state index is 12.2. The predicted molar refractivity (Wildman–Crippen MR) is 96.7 cm³/mol. The summed E-state index contributed by atoms with van der Waals surface area (Å²) in [4.78, 5) is 39.8. The van der Waals surface area contributed by atoms with Crippen LogP contribution in [0.2, 0.25) is 0 Å². The number of ketones is 1. The van der Waals surface area contributed by atoms with Crippen LogP contribution in [-0.2, 0) is 9.53 Å². The third kappa shape index (κ3) is 4.08. The molecule has 0 fully saturated rings. The molecule has 2 heterocycles. The van der Waals surface area contributed by atoms with E-state index in [1.54, 1.807) is 4.90 Å². The Hall–Kier alpha value is -3.15. The number of nitrogens with zero attached hydrogens (tertiary/aromatic N) is 1. The van der Waals surface area contributed by atoms with Crippen LogP contribution in [0.1, 0.15) is 39.8 Å². The Morgan fingerprint density at radius 1 is 1.19 bits per heavy atom. The Bertz CT molecular complexity index is 852. The monoisotopic (exact) mass is 352 g/mol. The molecule has 1 aliphatic heterocycles. The largest absolute Gasteiger partial charge is 0.451 e. The summed E-state index contributed by atoms with van der Waals surface area (Å²) in [5.41, 5.74) is 2.94. The molecule has 6 nitrogen and oxygen atoms in total. The van der Waals surface area contributed by atoms with Crippen LogP contribution >= 0.6 is 0 Å². The first-order valence-corrected chi connectivity index (χ1v) is 8.43. The average Bonchev–Trinajstić information content (AvgIpc) is 3.17. The van der Waals surface area contributed by atoms with Crippen molar-refractivity contribution in [3.05, 3.63) is 65.5 Å². The van der Waals surface area contributed by atoms with Gasteiger partial charge in [0, 0.05) is 24.8 Å². The number of ether oxygens (including phenoxy) is 1. The lowest BCUT2D eigenvalue weighted by molar-refractivity contribution is -0.134. The molecule has 1 aromatic heterocycles. The van der Waals surface area contributed by atoms with E-state index in [1.165, 1.54) is 30.3 Å². The maximum Gasteiger partial charge on any atom is 0.355 e. The highest BCUT2D eigenvalue weighted by molar-refractivity contribution is 5.97. The highest BCUT2D eigenvalue weighted by Crippen LogP contribution is 2.22. The zero-order valence-corrected chi connectivity index (χ0v) is 14.5. The van der Waals surface area contributed by atoms with Gasteiger partial charge in [0.15, 0.2) is 12.4 Å². The second-order valence-corrected chi connectivity index (χ2v) is 6.12. The van der Waals surface area contributed by atoms with E-state index in [0.29, 0.717) is 18.7 Å². The number of hydrogen-bond donors (Lipinski definition) is 1. The highest BCUT2D eigenvalue weighted by atomic mass is 16.5. The van der Waals surface area contributed by atoms with Gasteiger partial charge in [-0.05, 0) is 30.5 Å². The number of carbonyl (C=O) groups excluding carboxylic acids is 3. The molecule has 1 aliphatic rings. The van der Waals surface area contributed by atoms with Crippen LogP contribution in [0.5, 0.6) is 0 Å². The van der Waals surface area contributed by atoms with Crippen molar-refractivity contribution < 1.29 is 19.1 Å². The lowest BCUT2D eigenvalue weighted by Crippen LogP contribution is -2.37. The van der Waals surface area contributed by atoms with Gasteiger partial charge in [0.25, 0.3) is 5.91 Å². The van der Waals surface area contributed by atoms with Crippen molar-refractivity contribution in [2.45, 2.75) is 13.3 Å². The molecule has 6 heteroatoms. The van der Waals surface area contributed by atoms with Crippen LogP contribution in [0.25, 0.3) is 5.57 Å². The molecule has 3 rings (SSSR count). The number of hydrogen-bond acceptors (Lipinski definition) is 4. The lowest BCUT2D eigenvalue weighted by Gasteiger charge is -2.26. The highest BCUT2D eigenvalue weighted by Gasteiger charge is 2.20. The third-order valence-electron chi connectivity index (χ3n) is 4.34. The summed E-state index contributed by atoms with van der Waals surface area (Å²) < 4.78 is 5.05. The summed E-state index contributed by atoms with van der Waals surface area (Å²) in [6.07, 6.45) is 4.24. The van der Waals surface area contributed by atoms with Gasteiger partial charge >= 0.3 is 5.97 Å². The lowest BCUT2D eigenvalue weighted by atomic mass is 10.00. The van der Waals surface area contributed by atoms with Crippen molar-refractivity contribution in [3.63, 3.8) is 0 Å². The summed E-state index contributed by atoms with van der Waals surface area (Å²) in [7, 11) is 0. The molecular weight excluding hydrogens is 332 g/mol. The van der Waals surface area contributed by atoms with Crippen LogP contribution in [-0.4, -0.2) is 47.2 Å². The zero-order valence-electron chi connectivity index (χ0n) is 14.5. The Labute approximate surface area is 151 Å². The second kappa shape index (κ2) is 7.82. The number of amides is 1. The van der Waals surface area contributed by atoms with Gasteiger partial charge in [-0.2, -0.15) is 0 Å². The molecule has 1 amide bonds. The first-order valence-electron chi connectivity index (χ1n) is 8.43. The van der Waals surface area contributed by atoms with Crippen molar-refractivity contribution in [2.24, 2.45) is 0 Å². The minimum absolute atomic E-state index is 0.147. The van der Waals surface area contributed by atoms with Gasteiger partial charge in [0.05, 0.1) is 0 Å². The van der Waals surface area contributed by atoms with Crippen LogP contribution in [0.15, 0.2) is 48.7 Å². The molecule has 0 saturated carbocycles. The quantitative estimate of drug-likeness (QED) is 0.663. The van der Waals surface area contributed by atoms with Crippen molar-refractivity contribution in [2.75, 3.05) is 19.7 Å². The van der Waals surface area contributed by atoms with Crippen LogP contribution in [0, 0.1) is 0 Å². The molecule has 1 N–H and O–H groups in total. The van der Waals surface area contributed by atoms with Crippen LogP contribution < -0.4 is 0 Å². The van der Waals surface area contributed by atoms with Gasteiger partial charge in [-0.25, -0.2) is 4.79 Å². The van der Waals surface area contributed by atoms with Crippen LogP contribution in [0.4, 0.5) is 0 Å². The molecular formula is C20H20N2O4. The number of aromatic amines is 1. The van der Waals surface area contributed by atoms with E-state index >= 15 is 0 Å². The smallest absolute Gasteiger partial charge is 0.355 e. The summed E-state index contributed by atoms with van der Waals surface area (Å²) in [5.74, 6) is -1.03. The average molecular weight is 352 g/mol. The van der Waals surface area contributed by atoms with Gasteiger partial charge in [-0.15, -0.1) is 0 Å². The number of aromatic nitrogens is 1. The normalized spacial score (nSPS) is 13.9. The van der Waals surface area contributed by atoms with E-state index < -0.39 is 5.97 Å². The minimum atomic E-state index is -0.650. The van der Waals surface area contributed by atoms with E-state index in [-0.39, 0.29) is 24.0 Å². The number of H-pyrrole nitrogens is 1. The van der Waals surface area contributed by atoms with Crippen molar-refractivity contribution in [3.8, 4) is 0 Å². The fourth-order valence-electron chi connectivity index (χ4n) is 2.82. The second-order valence-electron chi connectivity index (χ2n) is 6.12. The Morgan fingerprint density at radius 3 is 2.58 bits per heavy atom. The molecule has 134 valence electrons. The molecule has 26 heavy (non-hydrogen) atoms. The Morgan fingerprint density at radius 2 is 1.96 bits per heavy atom. The standard InChI is InChI=1S/C20H20N2O4/c1-14(23)17-11-18(21-12-17)20(25)26-13-19(24)22-9-7-16(8-10-22)15-5-3-2-4-6-15/h2-7,11-12,21H,8-10,13H2,1H3. The van der Waals surface area contributed by atoms with Crippen molar-refractivity contribution in [1.82, 2.24) is 9.88 Å². The van der Waals surface area contributed by atoms with E-state index in [0.717, 1.165) is 6.42 Å². The number of esters is 1. The molecule has 1 aromatic carbocycles. The molecule has 0 unspecified atom stereocenters. The maximum atomic E-state index is 12.2. The fourth-order valence-corrected chi connectivity index (χ4v) is 2.82. The molecule has 0 saturated heterocycles. The molecule has 0 radical (unpaired) electrons. The van der Waals surface area contributed by atoms with Gasteiger partial charge in [-0.1, -0.05) is 36.4 Å². The molecule has 0 atom stereocenters. The number of benzene rings is 1. The Kier molecular flexibility index (Phi) is 5.31. The first-order chi connectivity index (χ1) is 12.5. The van der Waals surface area contributed by atoms with Gasteiger partial charge < -0.3 is 14.6 Å². The van der Waals surface area contributed by atoms with E-state index in [4.69, 9.17) is 4.74 Å². The summed E-state index contributed by atoms with van der Waals surface area (Å²) in [6, 6.07) is 11.5. The van der Waals surface area contributed by atoms with E-state index in [9.17, 15) is 14.4 Å². The van der Waals surface area contributed by atoms with Gasteiger partial charge in [0.1, 0.15) is 5.69 Å². The van der Waals surface area contributed by atoms with Gasteiger partial charge in [0.2, 0.25) is 0 Å².